The summed E-state index contributed by atoms with van der Waals surface area (Å²) in [5.41, 5.74) is 5.89. The van der Waals surface area contributed by atoms with Crippen molar-refractivity contribution in [1.82, 2.24) is 0 Å². The van der Waals surface area contributed by atoms with Crippen LogP contribution in [0.2, 0.25) is 0 Å². The van der Waals surface area contributed by atoms with Crippen LogP contribution in [0.15, 0.2) is 42.0 Å². The molecule has 4 rings (SSSR count). The number of allylic oxidation sites excluding steroid dienone is 1. The van der Waals surface area contributed by atoms with Crippen LogP contribution in [-0.2, 0) is 60.5 Å². The maximum atomic E-state index is 12.3. The van der Waals surface area contributed by atoms with Gasteiger partial charge in [0.15, 0.2) is 18.3 Å². The van der Waals surface area contributed by atoms with E-state index in [0.717, 1.165) is 37.0 Å². The fourth-order valence-corrected chi connectivity index (χ4v) is 5.56. The van der Waals surface area contributed by atoms with Crippen molar-refractivity contribution in [1.29, 1.82) is 0 Å². The summed E-state index contributed by atoms with van der Waals surface area (Å²) in [6.07, 6.45) is -2.85. The van der Waals surface area contributed by atoms with E-state index < -0.39 is 60.4 Å². The Morgan fingerprint density at radius 3 is 2.07 bits per heavy atom. The summed E-state index contributed by atoms with van der Waals surface area (Å²) >= 11 is 0. The first-order valence-corrected chi connectivity index (χ1v) is 14.2. The van der Waals surface area contributed by atoms with Gasteiger partial charge in [0.1, 0.15) is 24.6 Å². The number of hydrogen-bond acceptors (Lipinski definition) is 11. The van der Waals surface area contributed by atoms with E-state index in [1.807, 2.05) is 13.0 Å². The minimum Gasteiger partial charge on any atom is -0.463 e. The average Bonchev–Trinajstić information content (AvgIpc) is 3.31. The molecule has 234 valence electrons. The van der Waals surface area contributed by atoms with Crippen molar-refractivity contribution < 1.29 is 52.4 Å². The number of benzene rings is 2. The van der Waals surface area contributed by atoms with Crippen molar-refractivity contribution in [3.63, 3.8) is 0 Å². The molecule has 1 fully saturated rings. The van der Waals surface area contributed by atoms with Gasteiger partial charge >= 0.3 is 29.8 Å². The number of esters is 5. The second kappa shape index (κ2) is 13.9. The van der Waals surface area contributed by atoms with Crippen LogP contribution in [0, 0.1) is 6.92 Å². The molecule has 1 heterocycles. The molecule has 1 aliphatic carbocycles. The standard InChI is InChI=1S/C33H36O11/c1-17-7-9-25-13-24(14-26(25)11-17)12-23-8-10-28(40-19(3)35)27(15-23)30-32(42-21(5)37)33(43-22(6)38)31(41-20(4)36)29(44-30)16-39-18(2)34/h7-11,14-15,29-33H,12-13,16H2,1-6H3/t29-,30+,31-,32+,33+/m1/s1. The minimum atomic E-state index is -1.36. The summed E-state index contributed by atoms with van der Waals surface area (Å²) in [5, 5.41) is 0. The van der Waals surface area contributed by atoms with E-state index in [1.54, 1.807) is 12.1 Å². The first-order chi connectivity index (χ1) is 20.8. The van der Waals surface area contributed by atoms with Crippen molar-refractivity contribution in [2.24, 2.45) is 0 Å². The topological polar surface area (TPSA) is 141 Å². The van der Waals surface area contributed by atoms with Crippen molar-refractivity contribution in [3.05, 3.63) is 69.8 Å². The molecule has 0 unspecified atom stereocenters. The Bertz CT molecular complexity index is 1490. The monoisotopic (exact) mass is 608 g/mol. The zero-order valence-corrected chi connectivity index (χ0v) is 25.5. The first kappa shape index (κ1) is 32.4. The predicted molar refractivity (Wildman–Crippen MR) is 155 cm³/mol. The highest BCUT2D eigenvalue weighted by atomic mass is 16.7. The molecule has 44 heavy (non-hydrogen) atoms. The van der Waals surface area contributed by atoms with Gasteiger partial charge in [0.2, 0.25) is 0 Å². The fraction of sp³-hybridized carbons (Fsp3) is 0.424. The van der Waals surface area contributed by atoms with Gasteiger partial charge in [-0.25, -0.2) is 0 Å². The zero-order valence-electron chi connectivity index (χ0n) is 25.5. The van der Waals surface area contributed by atoms with Crippen LogP contribution >= 0.6 is 0 Å². The lowest BCUT2D eigenvalue weighted by Gasteiger charge is -2.44. The Labute approximate surface area is 255 Å². The van der Waals surface area contributed by atoms with Gasteiger partial charge in [-0.3, -0.25) is 24.0 Å². The molecule has 1 saturated heterocycles. The van der Waals surface area contributed by atoms with Gasteiger partial charge in [-0.2, -0.15) is 0 Å². The number of hydrogen-bond donors (Lipinski definition) is 0. The third-order valence-electron chi connectivity index (χ3n) is 7.13. The van der Waals surface area contributed by atoms with Gasteiger partial charge in [0, 0.05) is 40.2 Å². The summed E-state index contributed by atoms with van der Waals surface area (Å²) in [6.45, 7) is 7.59. The number of carbonyl (C=O) groups is 5. The fourth-order valence-electron chi connectivity index (χ4n) is 5.56. The first-order valence-electron chi connectivity index (χ1n) is 14.2. The van der Waals surface area contributed by atoms with Crippen molar-refractivity contribution >= 4 is 35.9 Å². The van der Waals surface area contributed by atoms with Gasteiger partial charge in [-0.15, -0.1) is 0 Å². The highest BCUT2D eigenvalue weighted by molar-refractivity contribution is 5.71. The van der Waals surface area contributed by atoms with Gasteiger partial charge in [-0.05, 0) is 48.6 Å². The molecule has 2 aliphatic rings. The molecule has 0 bridgehead atoms. The van der Waals surface area contributed by atoms with Crippen molar-refractivity contribution in [2.45, 2.75) is 84.9 Å². The number of ether oxygens (including phenoxy) is 6. The lowest BCUT2D eigenvalue weighted by atomic mass is 9.88. The maximum Gasteiger partial charge on any atom is 0.308 e. The normalized spacial score (nSPS) is 22.2. The predicted octanol–water partition coefficient (Wildman–Crippen LogP) is 3.90. The van der Waals surface area contributed by atoms with Gasteiger partial charge in [0.05, 0.1) is 0 Å². The second-order valence-corrected chi connectivity index (χ2v) is 10.9. The minimum absolute atomic E-state index is 0.126. The Balaban J connectivity index is 1.79. The molecule has 0 amide bonds. The van der Waals surface area contributed by atoms with E-state index in [2.05, 4.69) is 24.3 Å². The summed E-state index contributed by atoms with van der Waals surface area (Å²) in [7, 11) is 0. The van der Waals surface area contributed by atoms with Crippen LogP contribution in [0.5, 0.6) is 5.75 Å². The third kappa shape index (κ3) is 8.10. The molecule has 0 aromatic heterocycles. The quantitative estimate of drug-likeness (QED) is 0.233. The van der Waals surface area contributed by atoms with Crippen LogP contribution in [0.25, 0.3) is 6.08 Å². The summed E-state index contributed by atoms with van der Waals surface area (Å²) in [5.74, 6) is -3.30. The van der Waals surface area contributed by atoms with E-state index in [4.69, 9.17) is 28.4 Å². The Kier molecular flexibility index (Phi) is 10.2. The lowest BCUT2D eigenvalue weighted by molar-refractivity contribution is -0.254. The zero-order chi connectivity index (χ0) is 32.1. The molecule has 5 atom stereocenters. The summed E-state index contributed by atoms with van der Waals surface area (Å²) in [4.78, 5) is 60.5. The van der Waals surface area contributed by atoms with E-state index in [9.17, 15) is 24.0 Å². The molecule has 1 aliphatic heterocycles. The van der Waals surface area contributed by atoms with E-state index in [0.29, 0.717) is 12.0 Å². The number of aryl methyl sites for hydroxylation is 1. The molecule has 2 aromatic rings. The van der Waals surface area contributed by atoms with Crippen molar-refractivity contribution in [3.8, 4) is 5.75 Å². The molecule has 2 aromatic carbocycles. The second-order valence-electron chi connectivity index (χ2n) is 10.9. The maximum absolute atomic E-state index is 12.3. The van der Waals surface area contributed by atoms with Gasteiger partial charge in [-0.1, -0.05) is 41.5 Å². The van der Waals surface area contributed by atoms with E-state index in [1.165, 1.54) is 31.9 Å². The molecular formula is C33H36O11. The Morgan fingerprint density at radius 2 is 1.43 bits per heavy atom. The number of carbonyl (C=O) groups excluding carboxylic acids is 5. The number of fused-ring (bicyclic) bond motifs is 1. The molecule has 0 spiro atoms. The molecular weight excluding hydrogens is 572 g/mol. The molecule has 11 heteroatoms. The SMILES string of the molecule is CC(=O)OC[C@H]1O[C@@H](c2cc(CC3=Cc4cc(C)ccc4C3)ccc2OC(C)=O)[C@H](OC(C)=O)[C@@H](OC(C)=O)[C@@H]1OC(C)=O. The summed E-state index contributed by atoms with van der Waals surface area (Å²) in [6, 6.07) is 11.5. The van der Waals surface area contributed by atoms with E-state index in [-0.39, 0.29) is 12.4 Å². The number of rotatable bonds is 9. The molecule has 0 saturated carbocycles. The Hall–Kier alpha value is -4.51. The van der Waals surface area contributed by atoms with Gasteiger partial charge in [0.25, 0.3) is 0 Å². The van der Waals surface area contributed by atoms with Crippen LogP contribution < -0.4 is 4.74 Å². The van der Waals surface area contributed by atoms with E-state index >= 15 is 0 Å². The highest BCUT2D eigenvalue weighted by Crippen LogP contribution is 2.42. The summed E-state index contributed by atoms with van der Waals surface area (Å²) < 4.78 is 33.8. The highest BCUT2D eigenvalue weighted by Gasteiger charge is 2.53. The van der Waals surface area contributed by atoms with Gasteiger partial charge < -0.3 is 28.4 Å². The van der Waals surface area contributed by atoms with Crippen LogP contribution in [0.1, 0.15) is 68.5 Å². The molecule has 0 N–H and O–H groups in total. The van der Waals surface area contributed by atoms with Crippen molar-refractivity contribution in [2.75, 3.05) is 6.61 Å². The van der Waals surface area contributed by atoms with Crippen LogP contribution in [0.4, 0.5) is 0 Å². The Morgan fingerprint density at radius 1 is 0.773 bits per heavy atom. The van der Waals surface area contributed by atoms with Crippen LogP contribution in [0.3, 0.4) is 0 Å². The molecule has 0 radical (unpaired) electrons. The smallest absolute Gasteiger partial charge is 0.308 e. The lowest BCUT2D eigenvalue weighted by Crippen LogP contribution is -2.59. The molecule has 11 nitrogen and oxygen atoms in total. The third-order valence-corrected chi connectivity index (χ3v) is 7.13. The van der Waals surface area contributed by atoms with Crippen LogP contribution in [-0.4, -0.2) is 60.9 Å². The average molecular weight is 609 g/mol. The largest absolute Gasteiger partial charge is 0.463 e.